The fraction of sp³-hybridized carbons (Fsp3) is 0.250. The zero-order chi connectivity index (χ0) is 14.7. The van der Waals surface area contributed by atoms with Gasteiger partial charge in [0.25, 0.3) is 5.91 Å². The highest BCUT2D eigenvalue weighted by Crippen LogP contribution is 2.21. The van der Waals surface area contributed by atoms with Crippen LogP contribution in [0.1, 0.15) is 28.0 Å². The van der Waals surface area contributed by atoms with Gasteiger partial charge in [-0.1, -0.05) is 24.3 Å². The van der Waals surface area contributed by atoms with Gasteiger partial charge in [-0.3, -0.25) is 10.6 Å². The van der Waals surface area contributed by atoms with Crippen LogP contribution in [0.15, 0.2) is 42.6 Å². The van der Waals surface area contributed by atoms with Crippen molar-refractivity contribution in [3.05, 3.63) is 59.4 Å². The largest absolute Gasteiger partial charge is 0.348 e. The molecular weight excluding hydrogens is 264 g/mol. The van der Waals surface area contributed by atoms with Gasteiger partial charge in [-0.05, 0) is 42.5 Å². The first-order valence-corrected chi connectivity index (χ1v) is 7.06. The lowest BCUT2D eigenvalue weighted by atomic mass is 9.88. The molecule has 2 aromatic rings. The van der Waals surface area contributed by atoms with Crippen LogP contribution >= 0.6 is 0 Å². The van der Waals surface area contributed by atoms with E-state index >= 15 is 0 Å². The second-order valence-corrected chi connectivity index (χ2v) is 5.26. The summed E-state index contributed by atoms with van der Waals surface area (Å²) in [6.45, 7) is 0. The second kappa shape index (κ2) is 5.93. The van der Waals surface area contributed by atoms with Gasteiger partial charge in [-0.25, -0.2) is 4.98 Å². The number of fused-ring (bicyclic) bond motifs is 1. The number of benzene rings is 1. The van der Waals surface area contributed by atoms with E-state index in [0.717, 1.165) is 19.3 Å². The SMILES string of the molecule is NNc1ccc(C(=O)NC2CCc3ccccc3C2)nc1. The van der Waals surface area contributed by atoms with Crippen LogP contribution in [0, 0.1) is 0 Å². The topological polar surface area (TPSA) is 80.0 Å². The summed E-state index contributed by atoms with van der Waals surface area (Å²) < 4.78 is 0. The highest BCUT2D eigenvalue weighted by atomic mass is 16.1. The fourth-order valence-corrected chi connectivity index (χ4v) is 2.69. The molecule has 1 atom stereocenters. The molecular formula is C16H18N4O. The highest BCUT2D eigenvalue weighted by Gasteiger charge is 2.20. The molecule has 1 amide bonds. The number of pyridine rings is 1. The van der Waals surface area contributed by atoms with Gasteiger partial charge in [-0.2, -0.15) is 0 Å². The maximum Gasteiger partial charge on any atom is 0.270 e. The molecule has 0 spiro atoms. The number of aromatic nitrogens is 1. The van der Waals surface area contributed by atoms with Crippen molar-refractivity contribution in [2.45, 2.75) is 25.3 Å². The number of rotatable bonds is 3. The molecule has 1 heterocycles. The van der Waals surface area contributed by atoms with Crippen LogP contribution < -0.4 is 16.6 Å². The van der Waals surface area contributed by atoms with Gasteiger partial charge >= 0.3 is 0 Å². The van der Waals surface area contributed by atoms with Crippen molar-refractivity contribution in [1.82, 2.24) is 10.3 Å². The van der Waals surface area contributed by atoms with E-state index in [0.29, 0.717) is 11.4 Å². The van der Waals surface area contributed by atoms with E-state index in [1.54, 1.807) is 18.3 Å². The minimum atomic E-state index is -0.136. The molecule has 1 aromatic carbocycles. The Morgan fingerprint density at radius 2 is 2.00 bits per heavy atom. The smallest absolute Gasteiger partial charge is 0.270 e. The van der Waals surface area contributed by atoms with Gasteiger partial charge in [0, 0.05) is 6.04 Å². The standard InChI is InChI=1S/C16H18N4O/c17-20-14-7-8-15(18-10-14)16(21)19-13-6-5-11-3-1-2-4-12(11)9-13/h1-4,7-8,10,13,20H,5-6,9,17H2,(H,19,21). The number of amides is 1. The van der Waals surface area contributed by atoms with Crippen molar-refractivity contribution >= 4 is 11.6 Å². The van der Waals surface area contributed by atoms with Crippen molar-refractivity contribution < 1.29 is 4.79 Å². The summed E-state index contributed by atoms with van der Waals surface area (Å²) in [6, 6.07) is 12.0. The predicted octanol–water partition coefficient (Wildman–Crippen LogP) is 1.65. The summed E-state index contributed by atoms with van der Waals surface area (Å²) in [5, 5.41) is 3.06. The summed E-state index contributed by atoms with van der Waals surface area (Å²) in [6.07, 6.45) is 4.39. The van der Waals surface area contributed by atoms with Gasteiger partial charge in [-0.15, -0.1) is 0 Å². The quantitative estimate of drug-likeness (QED) is 0.591. The number of nitrogen functional groups attached to an aromatic ring is 1. The van der Waals surface area contributed by atoms with Gasteiger partial charge in [0.2, 0.25) is 0 Å². The average molecular weight is 282 g/mol. The summed E-state index contributed by atoms with van der Waals surface area (Å²) in [4.78, 5) is 16.3. The Kier molecular flexibility index (Phi) is 3.83. The first kappa shape index (κ1) is 13.6. The predicted molar refractivity (Wildman–Crippen MR) is 81.8 cm³/mol. The maximum atomic E-state index is 12.2. The Hall–Kier alpha value is -2.40. The van der Waals surface area contributed by atoms with Crippen molar-refractivity contribution in [1.29, 1.82) is 0 Å². The van der Waals surface area contributed by atoms with Gasteiger partial charge < -0.3 is 10.7 Å². The monoisotopic (exact) mass is 282 g/mol. The molecule has 1 aromatic heterocycles. The molecule has 0 aliphatic heterocycles. The number of carbonyl (C=O) groups is 1. The zero-order valence-electron chi connectivity index (χ0n) is 11.7. The van der Waals surface area contributed by atoms with Crippen LogP contribution in [0.4, 0.5) is 5.69 Å². The molecule has 4 N–H and O–H groups in total. The highest BCUT2D eigenvalue weighted by molar-refractivity contribution is 5.92. The fourth-order valence-electron chi connectivity index (χ4n) is 2.69. The number of anilines is 1. The molecule has 1 aliphatic carbocycles. The molecule has 0 radical (unpaired) electrons. The molecule has 0 fully saturated rings. The summed E-state index contributed by atoms with van der Waals surface area (Å²) in [7, 11) is 0. The Morgan fingerprint density at radius 3 is 2.71 bits per heavy atom. The summed E-state index contributed by atoms with van der Waals surface area (Å²) in [5.74, 6) is 5.14. The van der Waals surface area contributed by atoms with E-state index in [1.165, 1.54) is 11.1 Å². The molecule has 5 heteroatoms. The van der Waals surface area contributed by atoms with Crippen molar-refractivity contribution in [3.63, 3.8) is 0 Å². The zero-order valence-corrected chi connectivity index (χ0v) is 11.7. The van der Waals surface area contributed by atoms with Crippen molar-refractivity contribution in [2.75, 3.05) is 5.43 Å². The minimum Gasteiger partial charge on any atom is -0.348 e. The minimum absolute atomic E-state index is 0.136. The summed E-state index contributed by atoms with van der Waals surface area (Å²) in [5.41, 5.74) is 6.29. The number of hydrazine groups is 1. The number of carbonyl (C=O) groups excluding carboxylic acids is 1. The van der Waals surface area contributed by atoms with E-state index in [-0.39, 0.29) is 11.9 Å². The molecule has 108 valence electrons. The molecule has 3 rings (SSSR count). The number of nitrogens with two attached hydrogens (primary N) is 1. The normalized spacial score (nSPS) is 16.9. The third kappa shape index (κ3) is 3.03. The lowest BCUT2D eigenvalue weighted by Gasteiger charge is -2.25. The third-order valence-electron chi connectivity index (χ3n) is 3.84. The molecule has 1 aliphatic rings. The number of hydrogen-bond donors (Lipinski definition) is 3. The second-order valence-electron chi connectivity index (χ2n) is 5.26. The van der Waals surface area contributed by atoms with Crippen LogP contribution in [-0.4, -0.2) is 16.9 Å². The first-order valence-electron chi connectivity index (χ1n) is 7.06. The summed E-state index contributed by atoms with van der Waals surface area (Å²) >= 11 is 0. The van der Waals surface area contributed by atoms with Gasteiger partial charge in [0.15, 0.2) is 0 Å². The number of nitrogens with one attached hydrogen (secondary N) is 2. The van der Waals surface area contributed by atoms with Crippen molar-refractivity contribution in [2.24, 2.45) is 5.84 Å². The first-order chi connectivity index (χ1) is 10.3. The molecule has 0 saturated heterocycles. The van der Waals surface area contributed by atoms with Crippen LogP contribution in [0.2, 0.25) is 0 Å². The maximum absolute atomic E-state index is 12.2. The van der Waals surface area contributed by atoms with E-state index < -0.39 is 0 Å². The van der Waals surface area contributed by atoms with Crippen LogP contribution in [0.3, 0.4) is 0 Å². The van der Waals surface area contributed by atoms with Crippen LogP contribution in [0.5, 0.6) is 0 Å². The van der Waals surface area contributed by atoms with Crippen molar-refractivity contribution in [3.8, 4) is 0 Å². The molecule has 0 bridgehead atoms. The number of nitrogens with zero attached hydrogens (tertiary/aromatic N) is 1. The molecule has 0 saturated carbocycles. The van der Waals surface area contributed by atoms with E-state index in [4.69, 9.17) is 5.84 Å². The molecule has 1 unspecified atom stereocenters. The van der Waals surface area contributed by atoms with Gasteiger partial charge in [0.1, 0.15) is 5.69 Å². The van der Waals surface area contributed by atoms with Gasteiger partial charge in [0.05, 0.1) is 11.9 Å². The lowest BCUT2D eigenvalue weighted by Crippen LogP contribution is -2.39. The Balaban J connectivity index is 1.65. The van der Waals surface area contributed by atoms with Crippen LogP contribution in [0.25, 0.3) is 0 Å². The third-order valence-corrected chi connectivity index (χ3v) is 3.84. The van der Waals surface area contributed by atoms with Crippen LogP contribution in [-0.2, 0) is 12.8 Å². The average Bonchev–Trinajstić information content (AvgIpc) is 2.55. The number of hydrogen-bond acceptors (Lipinski definition) is 4. The lowest BCUT2D eigenvalue weighted by molar-refractivity contribution is 0.0928. The molecule has 5 nitrogen and oxygen atoms in total. The molecule has 21 heavy (non-hydrogen) atoms. The number of aryl methyl sites for hydroxylation is 1. The van der Waals surface area contributed by atoms with E-state index in [9.17, 15) is 4.79 Å². The Labute approximate surface area is 123 Å². The Bertz CT molecular complexity index is 639. The van der Waals surface area contributed by atoms with E-state index in [1.807, 2.05) is 6.07 Å². The Morgan fingerprint density at radius 1 is 1.19 bits per heavy atom. The van der Waals surface area contributed by atoms with E-state index in [2.05, 4.69) is 33.9 Å².